The first kappa shape index (κ1) is 27.6. The normalized spacial score (nSPS) is 16.6. The van der Waals surface area contributed by atoms with E-state index in [1.807, 2.05) is 34.9 Å². The summed E-state index contributed by atoms with van der Waals surface area (Å²) in [6.07, 6.45) is 1.18. The smallest absolute Gasteiger partial charge is 0.254 e. The van der Waals surface area contributed by atoms with Crippen molar-refractivity contribution in [3.8, 4) is 6.07 Å². The minimum atomic E-state index is -3.84. The molecule has 0 radical (unpaired) electrons. The Hall–Kier alpha value is -4.01. The van der Waals surface area contributed by atoms with Gasteiger partial charge in [-0.15, -0.1) is 0 Å². The third kappa shape index (κ3) is 5.37. The molecule has 0 N–H and O–H groups in total. The van der Waals surface area contributed by atoms with Crippen molar-refractivity contribution in [3.63, 3.8) is 0 Å². The number of benzene rings is 2. The van der Waals surface area contributed by atoms with E-state index in [0.717, 1.165) is 11.3 Å². The molecule has 2 aliphatic heterocycles. The van der Waals surface area contributed by atoms with Crippen molar-refractivity contribution in [2.75, 3.05) is 62.2 Å². The van der Waals surface area contributed by atoms with Gasteiger partial charge in [-0.2, -0.15) is 9.57 Å². The molecule has 2 fully saturated rings. The highest BCUT2D eigenvalue weighted by Crippen LogP contribution is 2.28. The second-order valence-corrected chi connectivity index (χ2v) is 12.0. The van der Waals surface area contributed by atoms with E-state index in [1.165, 1.54) is 22.6 Å². The van der Waals surface area contributed by atoms with E-state index < -0.39 is 15.8 Å². The summed E-state index contributed by atoms with van der Waals surface area (Å²) in [4.78, 5) is 23.6. The lowest BCUT2D eigenvalue weighted by molar-refractivity contribution is 0.0745. The summed E-state index contributed by atoms with van der Waals surface area (Å²) >= 11 is 0. The van der Waals surface area contributed by atoms with E-state index in [2.05, 4.69) is 11.1 Å². The number of amides is 1. The predicted molar refractivity (Wildman–Crippen MR) is 150 cm³/mol. The molecule has 0 spiro atoms. The SMILES string of the molecule is Cc1cc(C)c(S(=O)(=O)N2CCN(c3ccccc3C#N)CC2)cc1C(=O)N1CCN(c2ccc(F)cn2)CC1. The average Bonchev–Trinajstić information content (AvgIpc) is 2.97. The molecule has 0 aliphatic carbocycles. The van der Waals surface area contributed by atoms with Crippen LogP contribution in [0.25, 0.3) is 0 Å². The van der Waals surface area contributed by atoms with Gasteiger partial charge in [0.15, 0.2) is 0 Å². The molecule has 9 nitrogen and oxygen atoms in total. The molecule has 1 amide bonds. The number of hydrogen-bond acceptors (Lipinski definition) is 7. The number of anilines is 2. The van der Waals surface area contributed by atoms with Crippen LogP contribution in [0.3, 0.4) is 0 Å². The van der Waals surface area contributed by atoms with Crippen LogP contribution in [-0.4, -0.2) is 80.9 Å². The molecule has 0 bridgehead atoms. The number of nitrogens with zero attached hydrogens (tertiary/aromatic N) is 6. The second kappa shape index (κ2) is 11.2. The van der Waals surface area contributed by atoms with Gasteiger partial charge in [0.2, 0.25) is 10.0 Å². The van der Waals surface area contributed by atoms with Crippen molar-refractivity contribution in [1.82, 2.24) is 14.2 Å². The van der Waals surface area contributed by atoms with Gasteiger partial charge in [-0.3, -0.25) is 4.79 Å². The van der Waals surface area contributed by atoms with Gasteiger partial charge in [0.25, 0.3) is 5.91 Å². The number of aromatic nitrogens is 1. The van der Waals surface area contributed by atoms with Gasteiger partial charge in [0.05, 0.1) is 22.3 Å². The fourth-order valence-electron chi connectivity index (χ4n) is 5.36. The Kier molecular flexibility index (Phi) is 7.74. The Bertz CT molecular complexity index is 1560. The molecule has 2 aromatic carbocycles. The van der Waals surface area contributed by atoms with Crippen LogP contribution in [0.5, 0.6) is 0 Å². The molecule has 1 aromatic heterocycles. The minimum absolute atomic E-state index is 0.140. The van der Waals surface area contributed by atoms with Crippen molar-refractivity contribution in [2.45, 2.75) is 18.7 Å². The Morgan fingerprint density at radius 2 is 1.57 bits per heavy atom. The van der Waals surface area contributed by atoms with E-state index >= 15 is 0 Å². The van der Waals surface area contributed by atoms with Crippen LogP contribution in [0.1, 0.15) is 27.0 Å². The van der Waals surface area contributed by atoms with Crippen LogP contribution in [0, 0.1) is 31.0 Å². The van der Waals surface area contributed by atoms with Crippen molar-refractivity contribution in [1.29, 1.82) is 5.26 Å². The number of hydrogen-bond donors (Lipinski definition) is 0. The molecule has 40 heavy (non-hydrogen) atoms. The first-order valence-corrected chi connectivity index (χ1v) is 14.6. The van der Waals surface area contributed by atoms with E-state index in [-0.39, 0.29) is 23.9 Å². The zero-order chi connectivity index (χ0) is 28.4. The molecule has 11 heteroatoms. The summed E-state index contributed by atoms with van der Waals surface area (Å²) in [6.45, 7) is 7.01. The van der Waals surface area contributed by atoms with Crippen LogP contribution < -0.4 is 9.80 Å². The number of carbonyl (C=O) groups excluding carboxylic acids is 1. The second-order valence-electron chi connectivity index (χ2n) is 10.1. The molecule has 0 unspecified atom stereocenters. The number of sulfonamides is 1. The number of para-hydroxylation sites is 1. The average molecular weight is 563 g/mol. The van der Waals surface area contributed by atoms with Crippen LogP contribution >= 0.6 is 0 Å². The maximum absolute atomic E-state index is 13.8. The molecule has 5 rings (SSSR count). The van der Waals surface area contributed by atoms with E-state index in [4.69, 9.17) is 0 Å². The summed E-state index contributed by atoms with van der Waals surface area (Å²) in [5.74, 6) is 0.0487. The number of nitriles is 1. The topological polar surface area (TPSA) is 101 Å². The first-order chi connectivity index (χ1) is 19.2. The third-order valence-corrected chi connectivity index (χ3v) is 9.62. The number of aryl methyl sites for hydroxylation is 2. The number of carbonyl (C=O) groups is 1. The molecule has 2 aliphatic rings. The van der Waals surface area contributed by atoms with Crippen molar-refractivity contribution in [2.24, 2.45) is 0 Å². The molecule has 0 saturated carbocycles. The largest absolute Gasteiger partial charge is 0.368 e. The Balaban J connectivity index is 1.30. The maximum atomic E-state index is 13.8. The number of rotatable bonds is 5. The van der Waals surface area contributed by atoms with E-state index in [0.29, 0.717) is 61.8 Å². The van der Waals surface area contributed by atoms with Gasteiger partial charge in [0.1, 0.15) is 17.7 Å². The van der Waals surface area contributed by atoms with Crippen molar-refractivity contribution >= 4 is 27.4 Å². The molecular formula is C29H31FN6O3S. The number of piperazine rings is 2. The van der Waals surface area contributed by atoms with Crippen molar-refractivity contribution < 1.29 is 17.6 Å². The van der Waals surface area contributed by atoms with Gasteiger partial charge < -0.3 is 14.7 Å². The van der Waals surface area contributed by atoms with Gasteiger partial charge in [-0.25, -0.2) is 17.8 Å². The predicted octanol–water partition coefficient (Wildman–Crippen LogP) is 3.18. The summed E-state index contributed by atoms with van der Waals surface area (Å²) in [6, 6.07) is 15.8. The van der Waals surface area contributed by atoms with Crippen LogP contribution in [-0.2, 0) is 10.0 Å². The molecule has 0 atom stereocenters. The third-order valence-electron chi connectivity index (χ3n) is 7.58. The summed E-state index contributed by atoms with van der Waals surface area (Å²) in [7, 11) is -3.84. The van der Waals surface area contributed by atoms with Gasteiger partial charge in [-0.1, -0.05) is 18.2 Å². The van der Waals surface area contributed by atoms with Gasteiger partial charge in [0, 0.05) is 57.9 Å². The first-order valence-electron chi connectivity index (χ1n) is 13.2. The lowest BCUT2D eigenvalue weighted by Crippen LogP contribution is -2.49. The molecule has 208 valence electrons. The summed E-state index contributed by atoms with van der Waals surface area (Å²) in [5, 5.41) is 9.44. The van der Waals surface area contributed by atoms with E-state index in [1.54, 1.807) is 30.0 Å². The standard InChI is InChI=1S/C29H31FN6O3S/c1-21-17-22(2)27(40(38,39)36-15-13-33(14-16-36)26-6-4-3-5-23(26)19-31)18-25(21)29(37)35-11-9-34(10-12-35)28-8-7-24(30)20-32-28/h3-8,17-18,20H,9-16H2,1-2H3. The highest BCUT2D eigenvalue weighted by Gasteiger charge is 2.32. The fourth-order valence-corrected chi connectivity index (χ4v) is 7.01. The van der Waals surface area contributed by atoms with Crippen LogP contribution in [0.2, 0.25) is 0 Å². The lowest BCUT2D eigenvalue weighted by atomic mass is 10.0. The Labute approximate surface area is 234 Å². The molecule has 3 aromatic rings. The quantitative estimate of drug-likeness (QED) is 0.471. The highest BCUT2D eigenvalue weighted by atomic mass is 32.2. The zero-order valence-electron chi connectivity index (χ0n) is 22.5. The Morgan fingerprint density at radius 1 is 0.900 bits per heavy atom. The molecule has 2 saturated heterocycles. The monoisotopic (exact) mass is 562 g/mol. The zero-order valence-corrected chi connectivity index (χ0v) is 23.4. The summed E-state index contributed by atoms with van der Waals surface area (Å²) in [5.41, 5.74) is 3.06. The van der Waals surface area contributed by atoms with Crippen molar-refractivity contribution in [3.05, 3.63) is 82.8 Å². The van der Waals surface area contributed by atoms with Gasteiger partial charge >= 0.3 is 0 Å². The maximum Gasteiger partial charge on any atom is 0.254 e. The lowest BCUT2D eigenvalue weighted by Gasteiger charge is -2.36. The van der Waals surface area contributed by atoms with Crippen LogP contribution in [0.15, 0.2) is 59.6 Å². The molecule has 3 heterocycles. The number of halogens is 1. The van der Waals surface area contributed by atoms with E-state index in [9.17, 15) is 22.9 Å². The van der Waals surface area contributed by atoms with Crippen LogP contribution in [0.4, 0.5) is 15.9 Å². The van der Waals surface area contributed by atoms with Gasteiger partial charge in [-0.05, 0) is 55.3 Å². The highest BCUT2D eigenvalue weighted by molar-refractivity contribution is 7.89. The Morgan fingerprint density at radius 3 is 2.23 bits per heavy atom. The fraction of sp³-hybridized carbons (Fsp3) is 0.345. The number of pyridine rings is 1. The minimum Gasteiger partial charge on any atom is -0.368 e. The molecular weight excluding hydrogens is 531 g/mol. The summed E-state index contributed by atoms with van der Waals surface area (Å²) < 4.78 is 42.2.